The Morgan fingerprint density at radius 1 is 0.383 bits per heavy atom. The van der Waals surface area contributed by atoms with Crippen molar-refractivity contribution >= 4 is 81.8 Å². The highest BCUT2D eigenvalue weighted by Gasteiger charge is 2.20. The highest BCUT2D eigenvalue weighted by atomic mass is 16.3. The van der Waals surface area contributed by atoms with Crippen molar-refractivity contribution in [3.63, 3.8) is 0 Å². The molecular weight excluding hydrogens is 572 g/mol. The van der Waals surface area contributed by atoms with Gasteiger partial charge in [0.25, 0.3) is 0 Å². The Bertz CT molecular complexity index is 3010. The molecule has 11 rings (SSSR count). The number of hydrogen-bond donors (Lipinski definition) is 0. The van der Waals surface area contributed by atoms with Crippen LogP contribution in [0.1, 0.15) is 0 Å². The predicted molar refractivity (Wildman–Crippen MR) is 197 cm³/mol. The molecule has 0 amide bonds. The fourth-order valence-electron chi connectivity index (χ4n) is 8.10. The molecule has 0 aliphatic rings. The Hall–Kier alpha value is -6.32. The molecule has 0 radical (unpaired) electrons. The van der Waals surface area contributed by atoms with E-state index in [0.717, 1.165) is 16.9 Å². The van der Waals surface area contributed by atoms with Crippen LogP contribution >= 0.6 is 0 Å². The second kappa shape index (κ2) is 9.12. The van der Waals surface area contributed by atoms with Gasteiger partial charge in [0.15, 0.2) is 0 Å². The summed E-state index contributed by atoms with van der Waals surface area (Å²) in [6.45, 7) is 0. The fraction of sp³-hybridized carbons (Fsp3) is 0. The van der Waals surface area contributed by atoms with E-state index in [0.29, 0.717) is 0 Å². The second-order valence-corrected chi connectivity index (χ2v) is 12.5. The molecule has 4 heterocycles. The molecule has 0 fully saturated rings. The van der Waals surface area contributed by atoms with E-state index < -0.39 is 0 Å². The maximum Gasteiger partial charge on any atom is 0.137 e. The van der Waals surface area contributed by atoms with Crippen molar-refractivity contribution in [1.82, 2.24) is 8.97 Å². The van der Waals surface area contributed by atoms with Gasteiger partial charge in [-0.05, 0) is 64.9 Å². The van der Waals surface area contributed by atoms with E-state index >= 15 is 0 Å². The fourth-order valence-corrected chi connectivity index (χ4v) is 8.10. The average Bonchev–Trinajstić information content (AvgIpc) is 3.79. The molecule has 218 valence electrons. The smallest absolute Gasteiger partial charge is 0.137 e. The van der Waals surface area contributed by atoms with Crippen LogP contribution < -0.4 is 0 Å². The van der Waals surface area contributed by atoms with Gasteiger partial charge in [-0.2, -0.15) is 0 Å². The second-order valence-electron chi connectivity index (χ2n) is 12.5. The zero-order valence-electron chi connectivity index (χ0n) is 25.3. The van der Waals surface area contributed by atoms with Crippen molar-refractivity contribution in [2.24, 2.45) is 0 Å². The van der Waals surface area contributed by atoms with Crippen LogP contribution in [0.3, 0.4) is 0 Å². The van der Waals surface area contributed by atoms with Crippen molar-refractivity contribution in [3.8, 4) is 16.8 Å². The Balaban J connectivity index is 1.26. The van der Waals surface area contributed by atoms with Crippen LogP contribution in [0.15, 0.2) is 162 Å². The predicted octanol–water partition coefficient (Wildman–Crippen LogP) is 12.1. The lowest BCUT2D eigenvalue weighted by Gasteiger charge is -2.12. The molecule has 0 atom stereocenters. The molecule has 4 aromatic heterocycles. The minimum absolute atomic E-state index is 0.911. The largest absolute Gasteiger partial charge is 0.456 e. The average molecular weight is 599 g/mol. The maximum atomic E-state index is 6.49. The first kappa shape index (κ1) is 24.9. The van der Waals surface area contributed by atoms with Crippen molar-refractivity contribution < 1.29 is 4.42 Å². The van der Waals surface area contributed by atoms with Crippen LogP contribution in [0.2, 0.25) is 0 Å². The lowest BCUT2D eigenvalue weighted by Crippen LogP contribution is -1.94. The summed E-state index contributed by atoms with van der Waals surface area (Å²) in [6.07, 6.45) is 0. The zero-order chi connectivity index (χ0) is 30.6. The topological polar surface area (TPSA) is 22.5 Å². The molecule has 0 saturated carbocycles. The number of nitrogens with zero attached hydrogens (tertiary/aromatic N) is 2. The Morgan fingerprint density at radius 2 is 1.00 bits per heavy atom. The summed E-state index contributed by atoms with van der Waals surface area (Å²) in [6, 6.07) is 57.2. The molecule has 0 spiro atoms. The molecule has 3 heteroatoms. The molecule has 0 aliphatic carbocycles. The first-order valence-electron chi connectivity index (χ1n) is 16.1. The molecule has 0 unspecified atom stereocenters. The molecule has 0 aliphatic heterocycles. The number of hydrogen-bond acceptors (Lipinski definition) is 1. The third-order valence-corrected chi connectivity index (χ3v) is 10.1. The lowest BCUT2D eigenvalue weighted by atomic mass is 10.0. The summed E-state index contributed by atoms with van der Waals surface area (Å²) < 4.78 is 11.3. The quantitative estimate of drug-likeness (QED) is 0.194. The Labute approximate surface area is 269 Å². The van der Waals surface area contributed by atoms with Gasteiger partial charge in [0.1, 0.15) is 11.2 Å². The van der Waals surface area contributed by atoms with Gasteiger partial charge < -0.3 is 13.4 Å². The van der Waals surface area contributed by atoms with E-state index in [-0.39, 0.29) is 0 Å². The van der Waals surface area contributed by atoms with Gasteiger partial charge >= 0.3 is 0 Å². The SMILES string of the molecule is c1cc(-c2ccc(-n3c4ccccc4c4ccccc43)cc2)c2c(c1)ccc1cccc3oc4ccc5c6ccccc6n2c5c4c13. The molecule has 0 N–H and O–H groups in total. The number of benzene rings is 7. The summed E-state index contributed by atoms with van der Waals surface area (Å²) in [5.41, 5.74) is 11.3. The van der Waals surface area contributed by atoms with Gasteiger partial charge in [0.05, 0.1) is 33.0 Å². The summed E-state index contributed by atoms with van der Waals surface area (Å²) in [5.74, 6) is 0. The Kier molecular flexibility index (Phi) is 4.84. The van der Waals surface area contributed by atoms with Crippen molar-refractivity contribution in [2.75, 3.05) is 0 Å². The molecule has 47 heavy (non-hydrogen) atoms. The molecule has 11 aromatic rings. The van der Waals surface area contributed by atoms with E-state index in [9.17, 15) is 0 Å². The summed E-state index contributed by atoms with van der Waals surface area (Å²) in [7, 11) is 0. The molecule has 7 aromatic carbocycles. The van der Waals surface area contributed by atoms with Crippen LogP contribution in [-0.4, -0.2) is 8.97 Å². The van der Waals surface area contributed by atoms with Gasteiger partial charge in [0.2, 0.25) is 0 Å². The first-order valence-corrected chi connectivity index (χ1v) is 16.1. The Morgan fingerprint density at radius 3 is 1.77 bits per heavy atom. The van der Waals surface area contributed by atoms with E-state index in [1.807, 2.05) is 0 Å². The van der Waals surface area contributed by atoms with E-state index in [1.165, 1.54) is 81.8 Å². The van der Waals surface area contributed by atoms with Crippen LogP contribution in [0.25, 0.3) is 98.7 Å². The van der Waals surface area contributed by atoms with Crippen LogP contribution in [-0.2, 0) is 0 Å². The number of rotatable bonds is 2. The third kappa shape index (κ3) is 3.30. The summed E-state index contributed by atoms with van der Waals surface area (Å²) in [4.78, 5) is 0. The van der Waals surface area contributed by atoms with Crippen LogP contribution in [0.4, 0.5) is 0 Å². The summed E-state index contributed by atoms with van der Waals surface area (Å²) in [5, 5.41) is 9.68. The van der Waals surface area contributed by atoms with Crippen LogP contribution in [0.5, 0.6) is 0 Å². The van der Waals surface area contributed by atoms with E-state index in [1.54, 1.807) is 0 Å². The van der Waals surface area contributed by atoms with Crippen LogP contribution in [0, 0.1) is 0 Å². The molecule has 0 bridgehead atoms. The van der Waals surface area contributed by atoms with E-state index in [2.05, 4.69) is 167 Å². The maximum absolute atomic E-state index is 6.49. The minimum Gasteiger partial charge on any atom is -0.456 e. The number of para-hydroxylation sites is 4. The van der Waals surface area contributed by atoms with E-state index in [4.69, 9.17) is 4.42 Å². The van der Waals surface area contributed by atoms with Gasteiger partial charge in [-0.1, -0.05) is 109 Å². The standard InChI is InChI=1S/C44H26N2O/c1-4-15-36-32(11-1)33-12-2-5-16-37(33)45(36)30-23-21-27(22-24-30)31-14-7-10-29-20-19-28-9-8-18-39-41(28)42-40(47-39)26-25-35-34-13-3-6-17-38(34)46(43(29)31)44(35)42/h1-26H. The normalized spacial score (nSPS) is 12.3. The number of aromatic nitrogens is 2. The minimum atomic E-state index is 0.911. The highest BCUT2D eigenvalue weighted by molar-refractivity contribution is 6.28. The van der Waals surface area contributed by atoms with Gasteiger partial charge in [-0.25, -0.2) is 0 Å². The molecule has 3 nitrogen and oxygen atoms in total. The molecular formula is C44H26N2O. The third-order valence-electron chi connectivity index (χ3n) is 10.1. The van der Waals surface area contributed by atoms with Gasteiger partial charge in [-0.15, -0.1) is 0 Å². The first-order chi connectivity index (χ1) is 23.3. The zero-order valence-corrected chi connectivity index (χ0v) is 25.3. The number of fused-ring (bicyclic) bond motifs is 8. The lowest BCUT2D eigenvalue weighted by molar-refractivity contribution is 0.669. The van der Waals surface area contributed by atoms with Gasteiger partial charge in [0, 0.05) is 38.2 Å². The summed E-state index contributed by atoms with van der Waals surface area (Å²) >= 11 is 0. The highest BCUT2D eigenvalue weighted by Crippen LogP contribution is 2.43. The van der Waals surface area contributed by atoms with Crippen molar-refractivity contribution in [3.05, 3.63) is 158 Å². The van der Waals surface area contributed by atoms with Crippen molar-refractivity contribution in [1.29, 1.82) is 0 Å². The molecule has 0 saturated heterocycles. The van der Waals surface area contributed by atoms with Gasteiger partial charge in [-0.3, -0.25) is 0 Å². The number of furan rings is 1. The monoisotopic (exact) mass is 598 g/mol. The van der Waals surface area contributed by atoms with Crippen molar-refractivity contribution in [2.45, 2.75) is 0 Å².